The number of esters is 1. The van der Waals surface area contributed by atoms with Crippen LogP contribution in [0.1, 0.15) is 6.42 Å². The Balaban J connectivity index is 2.63. The molecular formula is C7H6Cl3NO5. The number of nitrogens with zero attached hydrogens (tertiary/aromatic N) is 1. The second-order valence-electron chi connectivity index (χ2n) is 2.92. The van der Waals surface area contributed by atoms with Gasteiger partial charge in [-0.05, 0) is 0 Å². The number of amides is 2. The second kappa shape index (κ2) is 5.18. The molecule has 1 aliphatic heterocycles. The van der Waals surface area contributed by atoms with Crippen molar-refractivity contribution in [2.75, 3.05) is 0 Å². The van der Waals surface area contributed by atoms with Crippen molar-refractivity contribution in [2.45, 2.75) is 16.8 Å². The summed E-state index contributed by atoms with van der Waals surface area (Å²) in [7, 11) is 0. The van der Waals surface area contributed by atoms with E-state index in [1.807, 2.05) is 0 Å². The van der Waals surface area contributed by atoms with Crippen LogP contribution in [0.15, 0.2) is 0 Å². The molecule has 9 heteroatoms. The molecule has 0 aromatic rings. The molecule has 1 rings (SSSR count). The van der Waals surface area contributed by atoms with E-state index in [0.29, 0.717) is 0 Å². The Labute approximate surface area is 105 Å². The highest BCUT2D eigenvalue weighted by atomic mass is 35.5. The molecule has 2 amide bonds. The van der Waals surface area contributed by atoms with Crippen LogP contribution >= 0.6 is 34.8 Å². The molecule has 2 atom stereocenters. The largest absolute Gasteiger partial charge is 0.442 e. The molecule has 90 valence electrons. The number of halogens is 3. The van der Waals surface area contributed by atoms with Crippen molar-refractivity contribution in [1.29, 1.82) is 0 Å². The number of hydrogen-bond donors (Lipinski definition) is 1. The molecule has 0 bridgehead atoms. The normalized spacial score (nSPS) is 22.8. The first-order valence-corrected chi connectivity index (χ1v) is 5.34. The third-order valence-electron chi connectivity index (χ3n) is 1.83. The van der Waals surface area contributed by atoms with Crippen LogP contribution in [0.4, 0.5) is 0 Å². The fourth-order valence-corrected chi connectivity index (χ4v) is 1.24. The highest BCUT2D eigenvalue weighted by Crippen LogP contribution is 2.22. The Morgan fingerprint density at radius 1 is 1.44 bits per heavy atom. The number of alkyl halides is 3. The van der Waals surface area contributed by atoms with Crippen LogP contribution in [-0.2, 0) is 19.1 Å². The molecular weight excluding hydrogens is 284 g/mol. The summed E-state index contributed by atoms with van der Waals surface area (Å²) in [5.74, 6) is -4.39. The van der Waals surface area contributed by atoms with Gasteiger partial charge in [-0.25, -0.2) is 0 Å². The predicted molar refractivity (Wildman–Crippen MR) is 53.0 cm³/mol. The third-order valence-corrected chi connectivity index (χ3v) is 2.89. The van der Waals surface area contributed by atoms with Crippen molar-refractivity contribution in [3.8, 4) is 0 Å². The average molecular weight is 290 g/mol. The lowest BCUT2D eigenvalue weighted by atomic mass is 10.1. The molecule has 0 saturated carbocycles. The van der Waals surface area contributed by atoms with E-state index in [4.69, 9.17) is 40.0 Å². The zero-order valence-corrected chi connectivity index (χ0v) is 9.87. The van der Waals surface area contributed by atoms with Crippen molar-refractivity contribution >= 4 is 52.6 Å². The zero-order chi connectivity index (χ0) is 12.5. The molecule has 1 aliphatic rings. The van der Waals surface area contributed by atoms with Gasteiger partial charge in [0.15, 0.2) is 4.84 Å². The molecule has 0 radical (unpaired) electrons. The number of carbonyl (C=O) groups is 3. The van der Waals surface area contributed by atoms with Crippen LogP contribution in [0.25, 0.3) is 0 Å². The van der Waals surface area contributed by atoms with Crippen molar-refractivity contribution in [3.05, 3.63) is 0 Å². The first-order chi connectivity index (χ1) is 7.34. The van der Waals surface area contributed by atoms with Gasteiger partial charge < -0.3 is 4.74 Å². The number of hydroxylamine groups is 2. The number of carbonyl (C=O) groups excluding carboxylic acids is 3. The smallest absolute Gasteiger partial charge is 0.320 e. The number of hydrogen-bond acceptors (Lipinski definition) is 5. The molecule has 1 fully saturated rings. The monoisotopic (exact) mass is 289 g/mol. The zero-order valence-electron chi connectivity index (χ0n) is 7.60. The highest BCUT2D eigenvalue weighted by Gasteiger charge is 2.44. The maximum atomic E-state index is 11.3. The third kappa shape index (κ3) is 2.76. The summed E-state index contributed by atoms with van der Waals surface area (Å²) in [6.07, 6.45) is -0.465. The maximum absolute atomic E-state index is 11.3. The number of imide groups is 1. The van der Waals surface area contributed by atoms with Gasteiger partial charge in [-0.3, -0.25) is 19.6 Å². The Bertz CT molecular complexity index is 334. The standard InChI is InChI=1S/C7H6Cl3NO5/c8-4(9)5(10)16-7(14)2-1-3(12)11(15)6(2)13/h2,4-5,15H,1H2. The summed E-state index contributed by atoms with van der Waals surface area (Å²) in [6.45, 7) is 0. The molecule has 2 unspecified atom stereocenters. The number of rotatable bonds is 3. The molecule has 1 heterocycles. The lowest BCUT2D eigenvalue weighted by Gasteiger charge is -2.13. The minimum Gasteiger partial charge on any atom is -0.442 e. The fourth-order valence-electron chi connectivity index (χ4n) is 1.05. The quantitative estimate of drug-likeness (QED) is 0.271. The van der Waals surface area contributed by atoms with Gasteiger partial charge in [-0.1, -0.05) is 34.8 Å². The summed E-state index contributed by atoms with van der Waals surface area (Å²) in [5, 5.41) is 8.74. The molecule has 6 nitrogen and oxygen atoms in total. The van der Waals surface area contributed by atoms with Gasteiger partial charge in [-0.15, -0.1) is 0 Å². The van der Waals surface area contributed by atoms with Crippen molar-refractivity contribution in [3.63, 3.8) is 0 Å². The van der Waals surface area contributed by atoms with Crippen molar-refractivity contribution in [1.82, 2.24) is 5.06 Å². The van der Waals surface area contributed by atoms with E-state index in [2.05, 4.69) is 4.74 Å². The molecule has 1 saturated heterocycles. The molecule has 0 aromatic carbocycles. The van der Waals surface area contributed by atoms with Gasteiger partial charge in [-0.2, -0.15) is 5.06 Å². The molecule has 1 N–H and O–H groups in total. The van der Waals surface area contributed by atoms with E-state index in [1.54, 1.807) is 0 Å². The topological polar surface area (TPSA) is 83.9 Å². The van der Waals surface area contributed by atoms with E-state index in [1.165, 1.54) is 0 Å². The van der Waals surface area contributed by atoms with Crippen LogP contribution in [0, 0.1) is 5.92 Å². The Hall–Kier alpha value is -0.560. The van der Waals surface area contributed by atoms with E-state index in [9.17, 15) is 14.4 Å². The average Bonchev–Trinajstić information content (AvgIpc) is 2.45. The summed E-state index contributed by atoms with van der Waals surface area (Å²) >= 11 is 16.1. The second-order valence-corrected chi connectivity index (χ2v) is 4.52. The van der Waals surface area contributed by atoms with Gasteiger partial charge in [0.25, 0.3) is 11.8 Å². The van der Waals surface area contributed by atoms with E-state index < -0.39 is 40.5 Å². The Morgan fingerprint density at radius 3 is 2.38 bits per heavy atom. The van der Waals surface area contributed by atoms with Crippen molar-refractivity contribution in [2.24, 2.45) is 5.92 Å². The van der Waals surface area contributed by atoms with Gasteiger partial charge in [0.2, 0.25) is 5.56 Å². The first kappa shape index (κ1) is 13.5. The van der Waals surface area contributed by atoms with E-state index >= 15 is 0 Å². The summed E-state index contributed by atoms with van der Waals surface area (Å²) in [4.78, 5) is 32.2. The van der Waals surface area contributed by atoms with Crippen LogP contribution in [0.2, 0.25) is 0 Å². The first-order valence-electron chi connectivity index (χ1n) is 4.03. The van der Waals surface area contributed by atoms with Gasteiger partial charge in [0, 0.05) is 0 Å². The molecule has 16 heavy (non-hydrogen) atoms. The van der Waals surface area contributed by atoms with Crippen LogP contribution in [-0.4, -0.2) is 38.5 Å². The minimum atomic E-state index is -1.40. The van der Waals surface area contributed by atoms with Gasteiger partial charge in [0.05, 0.1) is 6.42 Å². The highest BCUT2D eigenvalue weighted by molar-refractivity contribution is 6.48. The van der Waals surface area contributed by atoms with E-state index in [0.717, 1.165) is 0 Å². The molecule has 0 aliphatic carbocycles. The van der Waals surface area contributed by atoms with Crippen LogP contribution in [0.5, 0.6) is 0 Å². The summed E-state index contributed by atoms with van der Waals surface area (Å²) in [5.41, 5.74) is -1.33. The lowest BCUT2D eigenvalue weighted by Crippen LogP contribution is -2.32. The summed E-state index contributed by atoms with van der Waals surface area (Å²) < 4.78 is 4.51. The van der Waals surface area contributed by atoms with Crippen LogP contribution in [0.3, 0.4) is 0 Å². The van der Waals surface area contributed by atoms with Crippen molar-refractivity contribution < 1.29 is 24.3 Å². The molecule has 0 spiro atoms. The van der Waals surface area contributed by atoms with Crippen LogP contribution < -0.4 is 0 Å². The lowest BCUT2D eigenvalue weighted by molar-refractivity contribution is -0.173. The Kier molecular flexibility index (Phi) is 4.37. The fraction of sp³-hybridized carbons (Fsp3) is 0.571. The van der Waals surface area contributed by atoms with Gasteiger partial charge >= 0.3 is 5.97 Å². The SMILES string of the molecule is O=C(OC(Cl)C(Cl)Cl)C1CC(=O)N(O)C1=O. The minimum absolute atomic E-state index is 0.131. The predicted octanol–water partition coefficient (Wildman–Crippen LogP) is 0.663. The van der Waals surface area contributed by atoms with Gasteiger partial charge in [0.1, 0.15) is 5.92 Å². The number of ether oxygens (including phenoxy) is 1. The summed E-state index contributed by atoms with van der Waals surface area (Å²) in [6, 6.07) is 0. The Morgan fingerprint density at radius 2 is 2.00 bits per heavy atom. The maximum Gasteiger partial charge on any atom is 0.320 e. The molecule has 0 aromatic heterocycles. The van der Waals surface area contributed by atoms with E-state index in [-0.39, 0.29) is 5.06 Å².